The van der Waals surface area contributed by atoms with Gasteiger partial charge in [0.15, 0.2) is 0 Å². The predicted molar refractivity (Wildman–Crippen MR) is 109 cm³/mol. The van der Waals surface area contributed by atoms with E-state index in [-0.39, 0.29) is 11.7 Å². The fourth-order valence-corrected chi connectivity index (χ4v) is 2.60. The normalized spacial score (nSPS) is 10.2. The highest BCUT2D eigenvalue weighted by atomic mass is 16.5. The van der Waals surface area contributed by atoms with Crippen LogP contribution >= 0.6 is 0 Å². The summed E-state index contributed by atoms with van der Waals surface area (Å²) in [6, 6.07) is 21.5. The topological polar surface area (TPSA) is 97.4 Å². The number of rotatable bonds is 7. The van der Waals surface area contributed by atoms with Crippen LogP contribution in [0.1, 0.15) is 21.5 Å². The minimum Gasteiger partial charge on any atom is -0.497 e. The molecule has 0 unspecified atom stereocenters. The van der Waals surface area contributed by atoms with Gasteiger partial charge in [-0.05, 0) is 42.0 Å². The Kier molecular flexibility index (Phi) is 5.91. The van der Waals surface area contributed by atoms with Gasteiger partial charge in [-0.1, -0.05) is 36.4 Å². The second-order valence-corrected chi connectivity index (χ2v) is 6.08. The molecule has 4 N–H and O–H groups in total. The van der Waals surface area contributed by atoms with E-state index < -0.39 is 0 Å². The molecule has 3 aromatic carbocycles. The number of ether oxygens (including phenoxy) is 2. The maximum Gasteiger partial charge on any atom is 0.255 e. The number of anilines is 1. The van der Waals surface area contributed by atoms with Gasteiger partial charge in [0.2, 0.25) is 0 Å². The predicted octanol–water partition coefficient (Wildman–Crippen LogP) is 3.81. The summed E-state index contributed by atoms with van der Waals surface area (Å²) in [5.74, 6) is 0.958. The number of carbonyl (C=O) groups is 1. The smallest absolute Gasteiger partial charge is 0.255 e. The first-order chi connectivity index (χ1) is 13.6. The van der Waals surface area contributed by atoms with Crippen LogP contribution in [0.5, 0.6) is 11.5 Å². The lowest BCUT2D eigenvalue weighted by molar-refractivity contribution is 0.102. The molecule has 6 nitrogen and oxygen atoms in total. The number of para-hydroxylation sites is 2. The fourth-order valence-electron chi connectivity index (χ4n) is 2.60. The largest absolute Gasteiger partial charge is 0.497 e. The zero-order valence-corrected chi connectivity index (χ0v) is 15.4. The van der Waals surface area contributed by atoms with Gasteiger partial charge in [-0.25, -0.2) is 0 Å². The summed E-state index contributed by atoms with van der Waals surface area (Å²) < 4.78 is 11.0. The van der Waals surface area contributed by atoms with E-state index in [1.165, 1.54) is 0 Å². The van der Waals surface area contributed by atoms with Gasteiger partial charge in [0.05, 0.1) is 12.8 Å². The van der Waals surface area contributed by atoms with Crippen molar-refractivity contribution in [3.8, 4) is 11.5 Å². The van der Waals surface area contributed by atoms with Crippen LogP contribution in [0.4, 0.5) is 5.69 Å². The third kappa shape index (κ3) is 4.67. The Morgan fingerprint density at radius 2 is 1.71 bits per heavy atom. The SMILES string of the molecule is COc1ccc(COc2ccccc2NC(=O)c2cccc(C(=N)N)c2)cc1. The van der Waals surface area contributed by atoms with Crippen LogP contribution in [-0.4, -0.2) is 18.9 Å². The Hall–Kier alpha value is -3.80. The molecule has 6 heteroatoms. The molecule has 3 rings (SSSR count). The molecule has 1 amide bonds. The van der Waals surface area contributed by atoms with Gasteiger partial charge in [0, 0.05) is 11.1 Å². The van der Waals surface area contributed by atoms with E-state index in [2.05, 4.69) is 5.32 Å². The van der Waals surface area contributed by atoms with E-state index in [9.17, 15) is 4.79 Å². The Balaban J connectivity index is 1.71. The molecule has 0 spiro atoms. The highest BCUT2D eigenvalue weighted by molar-refractivity contribution is 6.06. The Bertz CT molecular complexity index is 984. The number of carbonyl (C=O) groups excluding carboxylic acids is 1. The Labute approximate surface area is 163 Å². The first-order valence-corrected chi connectivity index (χ1v) is 8.67. The van der Waals surface area contributed by atoms with Crippen molar-refractivity contribution in [1.29, 1.82) is 5.41 Å². The van der Waals surface area contributed by atoms with Gasteiger partial charge in [0.1, 0.15) is 23.9 Å². The molecule has 0 radical (unpaired) electrons. The number of benzene rings is 3. The van der Waals surface area contributed by atoms with E-state index in [0.29, 0.717) is 29.2 Å². The number of amides is 1. The number of nitrogens with one attached hydrogen (secondary N) is 2. The van der Waals surface area contributed by atoms with E-state index >= 15 is 0 Å². The molecule has 0 saturated heterocycles. The maximum absolute atomic E-state index is 12.6. The maximum atomic E-state index is 12.6. The zero-order valence-electron chi connectivity index (χ0n) is 15.4. The molecule has 0 atom stereocenters. The van der Waals surface area contributed by atoms with Gasteiger partial charge >= 0.3 is 0 Å². The summed E-state index contributed by atoms with van der Waals surface area (Å²) >= 11 is 0. The number of amidine groups is 1. The second kappa shape index (κ2) is 8.73. The fraction of sp³-hybridized carbons (Fsp3) is 0.0909. The van der Waals surface area contributed by atoms with Crippen molar-refractivity contribution in [2.75, 3.05) is 12.4 Å². The number of nitrogen functional groups attached to an aromatic ring is 1. The first kappa shape index (κ1) is 19.0. The molecular formula is C22H21N3O3. The number of methoxy groups -OCH3 is 1. The third-order valence-corrected chi connectivity index (χ3v) is 4.12. The lowest BCUT2D eigenvalue weighted by Crippen LogP contribution is -2.15. The van der Waals surface area contributed by atoms with Crippen LogP contribution in [0.3, 0.4) is 0 Å². The van der Waals surface area contributed by atoms with Crippen LogP contribution in [0, 0.1) is 5.41 Å². The number of nitrogens with two attached hydrogens (primary N) is 1. The number of hydrogen-bond acceptors (Lipinski definition) is 4. The van der Waals surface area contributed by atoms with Crippen LogP contribution in [0.25, 0.3) is 0 Å². The Morgan fingerprint density at radius 1 is 1.00 bits per heavy atom. The van der Waals surface area contributed by atoms with Crippen molar-refractivity contribution < 1.29 is 14.3 Å². The van der Waals surface area contributed by atoms with Crippen LogP contribution in [0.2, 0.25) is 0 Å². The first-order valence-electron chi connectivity index (χ1n) is 8.67. The van der Waals surface area contributed by atoms with E-state index in [4.69, 9.17) is 20.6 Å². The standard InChI is InChI=1S/C22H21N3O3/c1-27-18-11-9-15(10-12-18)14-28-20-8-3-2-7-19(20)25-22(26)17-6-4-5-16(13-17)21(23)24/h2-13H,14H2,1H3,(H3,23,24)(H,25,26). The van der Waals surface area contributed by atoms with Crippen molar-refractivity contribution in [3.05, 3.63) is 89.5 Å². The van der Waals surface area contributed by atoms with E-state index in [0.717, 1.165) is 11.3 Å². The van der Waals surface area contributed by atoms with Crippen molar-refractivity contribution in [3.63, 3.8) is 0 Å². The molecule has 142 valence electrons. The van der Waals surface area contributed by atoms with Crippen molar-refractivity contribution >= 4 is 17.4 Å². The quantitative estimate of drug-likeness (QED) is 0.432. The second-order valence-electron chi connectivity index (χ2n) is 6.08. The molecule has 0 saturated carbocycles. The highest BCUT2D eigenvalue weighted by Crippen LogP contribution is 2.26. The lowest BCUT2D eigenvalue weighted by atomic mass is 10.1. The summed E-state index contributed by atoms with van der Waals surface area (Å²) in [5, 5.41) is 10.4. The molecule has 0 bridgehead atoms. The Morgan fingerprint density at radius 3 is 2.43 bits per heavy atom. The minimum atomic E-state index is -0.302. The summed E-state index contributed by atoms with van der Waals surface area (Å²) in [7, 11) is 1.62. The van der Waals surface area contributed by atoms with Crippen LogP contribution in [0.15, 0.2) is 72.8 Å². The minimum absolute atomic E-state index is 0.0853. The van der Waals surface area contributed by atoms with Gasteiger partial charge in [-0.3, -0.25) is 10.2 Å². The molecule has 0 aliphatic rings. The molecule has 0 aromatic heterocycles. The van der Waals surface area contributed by atoms with Crippen LogP contribution in [-0.2, 0) is 6.61 Å². The summed E-state index contributed by atoms with van der Waals surface area (Å²) in [6.07, 6.45) is 0. The summed E-state index contributed by atoms with van der Waals surface area (Å²) in [6.45, 7) is 0.358. The number of hydrogen-bond donors (Lipinski definition) is 3. The van der Waals surface area contributed by atoms with Crippen molar-refractivity contribution in [1.82, 2.24) is 0 Å². The molecule has 3 aromatic rings. The monoisotopic (exact) mass is 375 g/mol. The molecule has 0 aliphatic heterocycles. The average Bonchev–Trinajstić information content (AvgIpc) is 2.73. The van der Waals surface area contributed by atoms with Crippen molar-refractivity contribution in [2.24, 2.45) is 5.73 Å². The summed E-state index contributed by atoms with van der Waals surface area (Å²) in [4.78, 5) is 12.6. The van der Waals surface area contributed by atoms with Gasteiger partial charge in [0.25, 0.3) is 5.91 Å². The molecule has 0 aliphatic carbocycles. The molecule has 0 fully saturated rings. The van der Waals surface area contributed by atoms with Gasteiger partial charge in [-0.2, -0.15) is 0 Å². The molecule has 28 heavy (non-hydrogen) atoms. The third-order valence-electron chi connectivity index (χ3n) is 4.12. The highest BCUT2D eigenvalue weighted by Gasteiger charge is 2.11. The van der Waals surface area contributed by atoms with Gasteiger partial charge < -0.3 is 20.5 Å². The van der Waals surface area contributed by atoms with Crippen molar-refractivity contribution in [2.45, 2.75) is 6.61 Å². The molecular weight excluding hydrogens is 354 g/mol. The lowest BCUT2D eigenvalue weighted by Gasteiger charge is -2.13. The summed E-state index contributed by atoms with van der Waals surface area (Å²) in [5.41, 5.74) is 7.95. The van der Waals surface area contributed by atoms with E-state index in [1.54, 1.807) is 43.5 Å². The molecule has 0 heterocycles. The van der Waals surface area contributed by atoms with Gasteiger partial charge in [-0.15, -0.1) is 0 Å². The van der Waals surface area contributed by atoms with E-state index in [1.807, 2.05) is 36.4 Å². The average molecular weight is 375 g/mol. The zero-order chi connectivity index (χ0) is 19.9. The van der Waals surface area contributed by atoms with Crippen LogP contribution < -0.4 is 20.5 Å².